The topological polar surface area (TPSA) is 219 Å². The average molecular weight is 841 g/mol. The number of nitrogens with one attached hydrogen (secondary N) is 3. The maximum absolute atomic E-state index is 14.7. The molecular formula is C44H52N6O9S. The lowest BCUT2D eigenvalue weighted by molar-refractivity contribution is -0.144. The summed E-state index contributed by atoms with van der Waals surface area (Å²) in [6.45, 7) is 5.17. The molecule has 1 aliphatic rings. The molecule has 318 valence electrons. The van der Waals surface area contributed by atoms with Crippen molar-refractivity contribution in [3.05, 3.63) is 130 Å². The van der Waals surface area contributed by atoms with E-state index in [9.17, 15) is 32.7 Å². The Morgan fingerprint density at radius 1 is 0.900 bits per heavy atom. The molecule has 60 heavy (non-hydrogen) atoms. The van der Waals surface area contributed by atoms with E-state index in [1.807, 2.05) is 91.0 Å². The van der Waals surface area contributed by atoms with E-state index in [-0.39, 0.29) is 49.8 Å². The normalized spacial score (nSPS) is 15.2. The number of carboxylic acid groups (broad SMARTS) is 1. The van der Waals surface area contributed by atoms with Gasteiger partial charge in [-0.05, 0) is 85.9 Å². The third-order valence-corrected chi connectivity index (χ3v) is 12.1. The summed E-state index contributed by atoms with van der Waals surface area (Å²) in [5, 5.41) is 15.5. The summed E-state index contributed by atoms with van der Waals surface area (Å²) in [6.07, 6.45) is -0.0307. The van der Waals surface area contributed by atoms with Crippen LogP contribution in [0.5, 0.6) is 5.75 Å². The number of ether oxygens (including phenoxy) is 2. The number of benzene rings is 4. The van der Waals surface area contributed by atoms with Gasteiger partial charge in [-0.1, -0.05) is 91.0 Å². The predicted octanol–water partition coefficient (Wildman–Crippen LogP) is 4.68. The fourth-order valence-corrected chi connectivity index (χ4v) is 8.93. The van der Waals surface area contributed by atoms with Gasteiger partial charge >= 0.3 is 12.1 Å². The molecule has 15 nitrogen and oxygen atoms in total. The zero-order valence-corrected chi connectivity index (χ0v) is 34.9. The number of hydrogen-bond donors (Lipinski definition) is 5. The van der Waals surface area contributed by atoms with Crippen molar-refractivity contribution in [3.63, 3.8) is 0 Å². The Morgan fingerprint density at radius 2 is 1.50 bits per heavy atom. The zero-order valence-electron chi connectivity index (χ0n) is 34.1. The first-order valence-electron chi connectivity index (χ1n) is 19.6. The van der Waals surface area contributed by atoms with Gasteiger partial charge in [0.1, 0.15) is 30.5 Å². The van der Waals surface area contributed by atoms with Crippen molar-refractivity contribution in [2.75, 3.05) is 20.2 Å². The van der Waals surface area contributed by atoms with E-state index in [4.69, 9.17) is 15.2 Å². The number of aryl methyl sites for hydroxylation is 1. The number of amides is 3. The summed E-state index contributed by atoms with van der Waals surface area (Å²) in [6, 6.07) is 25.6. The fraction of sp³-hybridized carbons (Fsp3) is 0.341. The molecule has 4 aromatic carbocycles. The fourth-order valence-electron chi connectivity index (χ4n) is 7.45. The number of carboxylic acids is 1. The molecule has 0 radical (unpaired) electrons. The molecule has 0 aliphatic carbocycles. The molecule has 3 amide bonds. The molecule has 16 heteroatoms. The van der Waals surface area contributed by atoms with Crippen LogP contribution in [0.25, 0.3) is 0 Å². The molecule has 5 rings (SSSR count). The Hall–Kier alpha value is -6.42. The largest absolute Gasteiger partial charge is 0.496 e. The van der Waals surface area contributed by atoms with E-state index in [2.05, 4.69) is 20.3 Å². The Balaban J connectivity index is 1.28. The summed E-state index contributed by atoms with van der Waals surface area (Å²) >= 11 is 0. The maximum Gasteiger partial charge on any atom is 0.408 e. The van der Waals surface area contributed by atoms with Crippen LogP contribution >= 0.6 is 0 Å². The van der Waals surface area contributed by atoms with Crippen molar-refractivity contribution < 1.29 is 42.2 Å². The standard InChI is InChI=1S/C44H52N6O9S/c1-28-26-36(58-4)29(2)30(3)39(28)60(56,57)49-43(45)46-24-14-22-34(42(53)54)47-40(51)35-23-15-25-50(35)41(52)38(48-44(55)59-27-31-16-8-5-9-17-31)37(32-18-10-6-11-19-32)33-20-12-7-13-21-33/h5-13,16-21,26,34-35,37-38H,14-15,22-25,27H2,1-4H3,(H,47,51)(H,48,55)(H,53,54)(H3,45,46,49)/t34-,35-,38-/m0/s1. The predicted molar refractivity (Wildman–Crippen MR) is 226 cm³/mol. The number of carbonyl (C=O) groups is 4. The Kier molecular flexibility index (Phi) is 15.3. The van der Waals surface area contributed by atoms with E-state index in [1.165, 1.54) is 12.0 Å². The number of hydrogen-bond acceptors (Lipinski definition) is 9. The molecule has 1 fully saturated rings. The van der Waals surface area contributed by atoms with Gasteiger partial charge in [0, 0.05) is 19.0 Å². The van der Waals surface area contributed by atoms with Crippen molar-refractivity contribution in [3.8, 4) is 5.75 Å². The smallest absolute Gasteiger partial charge is 0.408 e. The third kappa shape index (κ3) is 11.2. The SMILES string of the molecule is COc1cc(C)c(S(=O)(=O)NC(N)=NCCC[C@H](NC(=O)[C@@H]2CCCN2C(=O)[C@@H](NC(=O)OCc2ccccc2)C(c2ccccc2)c2ccccc2)C(=O)O)c(C)c1C. The maximum atomic E-state index is 14.7. The molecule has 0 bridgehead atoms. The Labute approximate surface area is 350 Å². The van der Waals surface area contributed by atoms with Crippen molar-refractivity contribution in [1.29, 1.82) is 0 Å². The van der Waals surface area contributed by atoms with Crippen LogP contribution in [0, 0.1) is 20.8 Å². The first-order chi connectivity index (χ1) is 28.7. The molecule has 0 aromatic heterocycles. The number of carbonyl (C=O) groups excluding carboxylic acids is 3. The van der Waals surface area contributed by atoms with Gasteiger partial charge in [0.05, 0.1) is 12.0 Å². The van der Waals surface area contributed by atoms with Crippen LogP contribution in [0.3, 0.4) is 0 Å². The van der Waals surface area contributed by atoms with Gasteiger partial charge in [-0.2, -0.15) is 0 Å². The van der Waals surface area contributed by atoms with Crippen molar-refractivity contribution in [2.24, 2.45) is 10.7 Å². The van der Waals surface area contributed by atoms with E-state index >= 15 is 0 Å². The van der Waals surface area contributed by atoms with E-state index in [0.29, 0.717) is 28.9 Å². The van der Waals surface area contributed by atoms with Crippen molar-refractivity contribution in [2.45, 2.75) is 82.0 Å². The lowest BCUT2D eigenvalue weighted by Gasteiger charge is -2.33. The number of alkyl carbamates (subject to hydrolysis) is 1. The van der Waals surface area contributed by atoms with Gasteiger partial charge in [-0.15, -0.1) is 0 Å². The Bertz CT molecular complexity index is 2240. The van der Waals surface area contributed by atoms with E-state index < -0.39 is 57.9 Å². The number of aliphatic imine (C=N–C) groups is 1. The number of likely N-dealkylation sites (tertiary alicyclic amines) is 1. The van der Waals surface area contributed by atoms with Crippen LogP contribution in [-0.2, 0) is 35.8 Å². The van der Waals surface area contributed by atoms with Crippen molar-refractivity contribution >= 4 is 39.9 Å². The second-order valence-electron chi connectivity index (χ2n) is 14.6. The molecule has 0 saturated carbocycles. The highest BCUT2D eigenvalue weighted by atomic mass is 32.2. The van der Waals surface area contributed by atoms with Gasteiger partial charge in [0.2, 0.25) is 17.8 Å². The molecule has 6 N–H and O–H groups in total. The van der Waals surface area contributed by atoms with Gasteiger partial charge in [-0.3, -0.25) is 14.6 Å². The second kappa shape index (κ2) is 20.5. The third-order valence-electron chi connectivity index (χ3n) is 10.5. The molecule has 1 heterocycles. The minimum absolute atomic E-state index is 0.0312. The highest BCUT2D eigenvalue weighted by Gasteiger charge is 2.42. The molecule has 3 atom stereocenters. The number of methoxy groups -OCH3 is 1. The van der Waals surface area contributed by atoms with Gasteiger partial charge in [0.15, 0.2) is 0 Å². The minimum Gasteiger partial charge on any atom is -0.496 e. The first-order valence-corrected chi connectivity index (χ1v) is 21.1. The summed E-state index contributed by atoms with van der Waals surface area (Å²) in [7, 11) is -2.61. The van der Waals surface area contributed by atoms with Gasteiger partial charge in [-0.25, -0.2) is 22.7 Å². The van der Waals surface area contributed by atoms with Crippen molar-refractivity contribution in [1.82, 2.24) is 20.3 Å². The van der Waals surface area contributed by atoms with E-state index in [1.54, 1.807) is 26.8 Å². The quantitative estimate of drug-likeness (QED) is 0.0562. The first kappa shape index (κ1) is 44.7. The molecule has 0 unspecified atom stereocenters. The summed E-state index contributed by atoms with van der Waals surface area (Å²) in [4.78, 5) is 59.8. The molecule has 4 aromatic rings. The highest BCUT2D eigenvalue weighted by Crippen LogP contribution is 2.32. The lowest BCUT2D eigenvalue weighted by atomic mass is 9.84. The minimum atomic E-state index is -4.11. The van der Waals surface area contributed by atoms with Crippen LogP contribution in [0.1, 0.15) is 65.0 Å². The number of aliphatic carboxylic acids is 1. The summed E-state index contributed by atoms with van der Waals surface area (Å²) in [5.74, 6) is -3.00. The monoisotopic (exact) mass is 840 g/mol. The molecular weight excluding hydrogens is 789 g/mol. The molecule has 1 aliphatic heterocycles. The number of guanidine groups is 1. The Morgan fingerprint density at radius 3 is 2.08 bits per heavy atom. The lowest BCUT2D eigenvalue weighted by Crippen LogP contribution is -2.56. The molecule has 0 spiro atoms. The van der Waals surface area contributed by atoms with E-state index in [0.717, 1.165) is 16.7 Å². The van der Waals surface area contributed by atoms with Crippen LogP contribution in [0.15, 0.2) is 107 Å². The number of sulfonamides is 1. The van der Waals surface area contributed by atoms with Crippen LogP contribution in [0.2, 0.25) is 0 Å². The number of nitrogens with zero attached hydrogens (tertiary/aromatic N) is 2. The molecule has 1 saturated heterocycles. The highest BCUT2D eigenvalue weighted by molar-refractivity contribution is 7.90. The summed E-state index contributed by atoms with van der Waals surface area (Å²) in [5.41, 5.74) is 9.80. The summed E-state index contributed by atoms with van der Waals surface area (Å²) < 4.78 is 39.7. The zero-order chi connectivity index (χ0) is 43.4. The number of nitrogens with two attached hydrogens (primary N) is 1. The second-order valence-corrected chi connectivity index (χ2v) is 16.2. The van der Waals surface area contributed by atoms with Gasteiger partial charge in [0.25, 0.3) is 10.0 Å². The number of rotatable bonds is 17. The van der Waals surface area contributed by atoms with Crippen LogP contribution in [0.4, 0.5) is 4.79 Å². The van der Waals surface area contributed by atoms with Gasteiger partial charge < -0.3 is 35.8 Å². The van der Waals surface area contributed by atoms with Crippen LogP contribution in [-0.4, -0.2) is 86.6 Å². The van der Waals surface area contributed by atoms with Crippen LogP contribution < -0.4 is 25.8 Å². The average Bonchev–Trinajstić information content (AvgIpc) is 3.73.